The molecule has 1 atom stereocenters. The molecule has 31 heavy (non-hydrogen) atoms. The van der Waals surface area contributed by atoms with Crippen molar-refractivity contribution in [3.63, 3.8) is 0 Å². The maximum absolute atomic E-state index is 13.4. The normalized spacial score (nSPS) is 15.7. The number of aromatic nitrogens is 2. The second kappa shape index (κ2) is 8.50. The van der Waals surface area contributed by atoms with E-state index in [9.17, 15) is 4.79 Å². The molecule has 4 aromatic rings. The molecule has 0 bridgehead atoms. The first-order chi connectivity index (χ1) is 15.2. The van der Waals surface area contributed by atoms with E-state index in [-0.39, 0.29) is 5.92 Å². The van der Waals surface area contributed by atoms with Gasteiger partial charge in [-0.25, -0.2) is 0 Å². The summed E-state index contributed by atoms with van der Waals surface area (Å²) in [6.07, 6.45) is 8.06. The lowest BCUT2D eigenvalue weighted by atomic mass is 9.81. The molecule has 0 saturated carbocycles. The summed E-state index contributed by atoms with van der Waals surface area (Å²) < 4.78 is 2.46. The molecule has 0 fully saturated rings. The highest BCUT2D eigenvalue weighted by Gasteiger charge is 2.31. The van der Waals surface area contributed by atoms with Gasteiger partial charge in [-0.2, -0.15) is 0 Å². The van der Waals surface area contributed by atoms with Crippen molar-refractivity contribution in [1.29, 1.82) is 0 Å². The number of fused-ring (bicyclic) bond motifs is 3. The van der Waals surface area contributed by atoms with Crippen LogP contribution in [0.1, 0.15) is 53.1 Å². The molecule has 2 aromatic carbocycles. The van der Waals surface area contributed by atoms with Gasteiger partial charge in [-0.15, -0.1) is 0 Å². The number of carbonyl (C=O) groups excluding carboxylic acids is 1. The number of Topliss-reactive ketones (excluding diaryl/α,β-unsaturated/α-hetero) is 1. The van der Waals surface area contributed by atoms with E-state index in [4.69, 9.17) is 0 Å². The van der Waals surface area contributed by atoms with E-state index < -0.39 is 0 Å². The second-order valence-corrected chi connectivity index (χ2v) is 8.72. The van der Waals surface area contributed by atoms with Crippen LogP contribution in [0.25, 0.3) is 10.9 Å². The molecular formula is C28H28N2O. The van der Waals surface area contributed by atoms with E-state index in [1.54, 1.807) is 12.4 Å². The first kappa shape index (κ1) is 19.7. The van der Waals surface area contributed by atoms with Gasteiger partial charge in [0, 0.05) is 47.9 Å². The zero-order valence-electron chi connectivity index (χ0n) is 18.1. The number of pyridine rings is 1. The Hall–Kier alpha value is -3.20. The summed E-state index contributed by atoms with van der Waals surface area (Å²) in [5, 5.41) is 1.26. The van der Waals surface area contributed by atoms with Crippen LogP contribution in [-0.4, -0.2) is 15.3 Å². The van der Waals surface area contributed by atoms with Crippen LogP contribution >= 0.6 is 0 Å². The fourth-order valence-electron chi connectivity index (χ4n) is 5.03. The highest BCUT2D eigenvalue weighted by molar-refractivity contribution is 5.95. The van der Waals surface area contributed by atoms with Crippen LogP contribution in [0.15, 0.2) is 73.1 Å². The molecule has 2 heterocycles. The molecule has 0 radical (unpaired) electrons. The molecule has 1 unspecified atom stereocenters. The zero-order chi connectivity index (χ0) is 21.2. The van der Waals surface area contributed by atoms with Gasteiger partial charge in [-0.3, -0.25) is 9.78 Å². The summed E-state index contributed by atoms with van der Waals surface area (Å²) in [6, 6.07) is 21.4. The van der Waals surface area contributed by atoms with E-state index in [0.29, 0.717) is 12.2 Å². The van der Waals surface area contributed by atoms with E-state index >= 15 is 0 Å². The minimum atomic E-state index is 0.00903. The molecule has 1 aliphatic rings. The fraction of sp³-hybridized carbons (Fsp3) is 0.286. The lowest BCUT2D eigenvalue weighted by Gasteiger charge is -2.24. The van der Waals surface area contributed by atoms with Crippen molar-refractivity contribution in [2.45, 2.75) is 51.5 Å². The summed E-state index contributed by atoms with van der Waals surface area (Å²) in [6.45, 7) is 2.98. The van der Waals surface area contributed by atoms with E-state index in [2.05, 4.69) is 65.0 Å². The predicted molar refractivity (Wildman–Crippen MR) is 125 cm³/mol. The maximum atomic E-state index is 13.4. The molecule has 5 rings (SSSR count). The Bertz CT molecular complexity index is 1210. The number of benzene rings is 2. The van der Waals surface area contributed by atoms with E-state index in [1.165, 1.54) is 38.9 Å². The van der Waals surface area contributed by atoms with Gasteiger partial charge in [0.15, 0.2) is 0 Å². The third-order valence-electron chi connectivity index (χ3n) is 6.64. The largest absolute Gasteiger partial charge is 0.340 e. The number of para-hydroxylation sites is 1. The smallest absolute Gasteiger partial charge is 0.140 e. The Morgan fingerprint density at radius 3 is 2.58 bits per heavy atom. The lowest BCUT2D eigenvalue weighted by molar-refractivity contribution is -0.120. The highest BCUT2D eigenvalue weighted by atomic mass is 16.1. The van der Waals surface area contributed by atoms with E-state index in [0.717, 1.165) is 32.2 Å². The molecule has 0 spiro atoms. The number of carbonyl (C=O) groups is 1. The quantitative estimate of drug-likeness (QED) is 0.391. The minimum Gasteiger partial charge on any atom is -0.340 e. The van der Waals surface area contributed by atoms with Crippen molar-refractivity contribution < 1.29 is 4.79 Å². The van der Waals surface area contributed by atoms with Crippen molar-refractivity contribution in [1.82, 2.24) is 9.55 Å². The van der Waals surface area contributed by atoms with Crippen molar-refractivity contribution >= 4 is 16.7 Å². The van der Waals surface area contributed by atoms with Crippen LogP contribution in [0.3, 0.4) is 0 Å². The van der Waals surface area contributed by atoms with Gasteiger partial charge < -0.3 is 4.57 Å². The van der Waals surface area contributed by atoms with Crippen LogP contribution in [-0.2, 0) is 24.2 Å². The molecule has 1 aliphatic carbocycles. The zero-order valence-corrected chi connectivity index (χ0v) is 18.1. The van der Waals surface area contributed by atoms with Crippen molar-refractivity contribution in [3.8, 4) is 0 Å². The molecule has 0 amide bonds. The molecule has 2 aromatic heterocycles. The molecular weight excluding hydrogens is 380 g/mol. The standard InChI is InChI=1S/C28H28N2O/c1-20-9-11-22(12-10-20)19-30-25-7-3-2-5-23(25)28-24(6-4-8-26(28)30)27(31)14-13-21-15-17-29-18-16-21/h2-3,5,7,9-12,15-18,24H,4,6,8,13-14,19H2,1H3. The number of ketones is 1. The Morgan fingerprint density at radius 2 is 1.77 bits per heavy atom. The van der Waals surface area contributed by atoms with E-state index in [1.807, 2.05) is 12.1 Å². The summed E-state index contributed by atoms with van der Waals surface area (Å²) >= 11 is 0. The minimum absolute atomic E-state index is 0.00903. The van der Waals surface area contributed by atoms with Crippen molar-refractivity contribution in [2.75, 3.05) is 0 Å². The van der Waals surface area contributed by atoms with Gasteiger partial charge in [0.25, 0.3) is 0 Å². The Labute approximate surface area is 183 Å². The summed E-state index contributed by atoms with van der Waals surface area (Å²) in [4.78, 5) is 17.4. The summed E-state index contributed by atoms with van der Waals surface area (Å²) in [5.41, 5.74) is 7.66. The number of aryl methyl sites for hydroxylation is 2. The topological polar surface area (TPSA) is 34.9 Å². The number of rotatable bonds is 6. The molecule has 0 N–H and O–H groups in total. The van der Waals surface area contributed by atoms with Crippen LogP contribution in [0.2, 0.25) is 0 Å². The van der Waals surface area contributed by atoms with Crippen LogP contribution < -0.4 is 0 Å². The Morgan fingerprint density at radius 1 is 1.00 bits per heavy atom. The highest BCUT2D eigenvalue weighted by Crippen LogP contribution is 2.40. The average Bonchev–Trinajstić information content (AvgIpc) is 3.13. The monoisotopic (exact) mass is 408 g/mol. The lowest BCUT2D eigenvalue weighted by Crippen LogP contribution is -2.20. The van der Waals surface area contributed by atoms with Gasteiger partial charge in [0.05, 0.1) is 0 Å². The van der Waals surface area contributed by atoms with Crippen molar-refractivity contribution in [3.05, 3.63) is 101 Å². The van der Waals surface area contributed by atoms with Gasteiger partial charge in [-0.05, 0) is 67.5 Å². The van der Waals surface area contributed by atoms with Gasteiger partial charge in [0.1, 0.15) is 5.78 Å². The second-order valence-electron chi connectivity index (χ2n) is 8.72. The van der Waals surface area contributed by atoms with Gasteiger partial charge in [0.2, 0.25) is 0 Å². The average molecular weight is 409 g/mol. The third-order valence-corrected chi connectivity index (χ3v) is 6.64. The fourth-order valence-corrected chi connectivity index (χ4v) is 5.03. The number of nitrogens with zero attached hydrogens (tertiary/aromatic N) is 2. The molecule has 0 saturated heterocycles. The predicted octanol–water partition coefficient (Wildman–Crippen LogP) is 6.01. The molecule has 3 nitrogen and oxygen atoms in total. The third kappa shape index (κ3) is 3.93. The first-order valence-corrected chi connectivity index (χ1v) is 11.3. The summed E-state index contributed by atoms with van der Waals surface area (Å²) in [5.74, 6) is 0.380. The first-order valence-electron chi connectivity index (χ1n) is 11.3. The number of hydrogen-bond acceptors (Lipinski definition) is 2. The Kier molecular flexibility index (Phi) is 5.42. The molecule has 3 heteroatoms. The number of hydrogen-bond donors (Lipinski definition) is 0. The molecule has 156 valence electrons. The SMILES string of the molecule is Cc1ccc(Cn2c3c(c4ccccc42)C(C(=O)CCc2ccncc2)CCC3)cc1. The van der Waals surface area contributed by atoms with Crippen molar-refractivity contribution in [2.24, 2.45) is 0 Å². The van der Waals surface area contributed by atoms with Crippen LogP contribution in [0.5, 0.6) is 0 Å². The Balaban J connectivity index is 1.49. The maximum Gasteiger partial charge on any atom is 0.140 e. The van der Waals surface area contributed by atoms with Gasteiger partial charge in [-0.1, -0.05) is 48.0 Å². The van der Waals surface area contributed by atoms with Crippen LogP contribution in [0, 0.1) is 6.92 Å². The van der Waals surface area contributed by atoms with Gasteiger partial charge >= 0.3 is 0 Å². The molecule has 0 aliphatic heterocycles. The summed E-state index contributed by atoms with van der Waals surface area (Å²) in [7, 11) is 0. The van der Waals surface area contributed by atoms with Crippen LogP contribution in [0.4, 0.5) is 0 Å².